The second kappa shape index (κ2) is 8.31. The number of carbonyl (C=O) groups is 2. The Kier molecular flexibility index (Phi) is 5.66. The van der Waals surface area contributed by atoms with Gasteiger partial charge in [-0.05, 0) is 59.8 Å². The van der Waals surface area contributed by atoms with E-state index in [2.05, 4.69) is 10.6 Å². The fourth-order valence-electron chi connectivity index (χ4n) is 2.44. The fraction of sp³-hybridized carbons (Fsp3) is 0.100. The van der Waals surface area contributed by atoms with Gasteiger partial charge in [-0.2, -0.15) is 0 Å². The van der Waals surface area contributed by atoms with Crippen LogP contribution in [0.2, 0.25) is 0 Å². The summed E-state index contributed by atoms with van der Waals surface area (Å²) in [4.78, 5) is 24.8. The lowest BCUT2D eigenvalue weighted by molar-refractivity contribution is 0.0953. The Morgan fingerprint density at radius 2 is 1.77 bits per heavy atom. The highest BCUT2D eigenvalue weighted by Gasteiger charge is 2.08. The molecule has 0 saturated carbocycles. The Morgan fingerprint density at radius 1 is 0.962 bits per heavy atom. The molecule has 0 aliphatic rings. The number of nitrogens with one attached hydrogen (secondary N) is 2. The van der Waals surface area contributed by atoms with E-state index in [0.29, 0.717) is 29.1 Å². The summed E-state index contributed by atoms with van der Waals surface area (Å²) in [7, 11) is 0. The number of anilines is 1. The molecule has 0 atom stereocenters. The van der Waals surface area contributed by atoms with Crippen LogP contribution in [0, 0.1) is 0 Å². The molecule has 3 aromatic rings. The van der Waals surface area contributed by atoms with Crippen molar-refractivity contribution in [1.82, 2.24) is 5.32 Å². The first-order valence-electron chi connectivity index (χ1n) is 8.13. The molecule has 6 heteroatoms. The van der Waals surface area contributed by atoms with Gasteiger partial charge in [-0.1, -0.05) is 18.2 Å². The van der Waals surface area contributed by atoms with E-state index in [-0.39, 0.29) is 17.6 Å². The average molecular weight is 366 g/mol. The van der Waals surface area contributed by atoms with Crippen LogP contribution in [0.4, 0.5) is 5.69 Å². The first kappa shape index (κ1) is 17.7. The maximum Gasteiger partial charge on any atom is 0.265 e. The van der Waals surface area contributed by atoms with Crippen LogP contribution < -0.4 is 10.6 Å². The van der Waals surface area contributed by atoms with Crippen LogP contribution in [0.5, 0.6) is 5.75 Å². The van der Waals surface area contributed by atoms with Gasteiger partial charge >= 0.3 is 0 Å². The fourth-order valence-corrected chi connectivity index (χ4v) is 3.06. The van der Waals surface area contributed by atoms with E-state index in [1.165, 1.54) is 11.3 Å². The van der Waals surface area contributed by atoms with Crippen LogP contribution in [0.1, 0.15) is 25.6 Å². The molecule has 0 spiro atoms. The second-order valence-electron chi connectivity index (χ2n) is 5.68. The van der Waals surface area contributed by atoms with Crippen molar-refractivity contribution < 1.29 is 14.7 Å². The predicted molar refractivity (Wildman–Crippen MR) is 103 cm³/mol. The van der Waals surface area contributed by atoms with Crippen molar-refractivity contribution in [3.8, 4) is 5.75 Å². The number of phenols is 1. The Bertz CT molecular complexity index is 890. The molecule has 3 N–H and O–H groups in total. The first-order valence-corrected chi connectivity index (χ1v) is 9.01. The lowest BCUT2D eigenvalue weighted by Gasteiger charge is -2.07. The third-order valence-electron chi connectivity index (χ3n) is 3.76. The average Bonchev–Trinajstić information content (AvgIpc) is 3.17. The van der Waals surface area contributed by atoms with Crippen molar-refractivity contribution in [2.45, 2.75) is 6.42 Å². The summed E-state index contributed by atoms with van der Waals surface area (Å²) in [5, 5.41) is 16.9. The van der Waals surface area contributed by atoms with Gasteiger partial charge in [-0.25, -0.2) is 0 Å². The van der Waals surface area contributed by atoms with E-state index >= 15 is 0 Å². The zero-order chi connectivity index (χ0) is 18.4. The van der Waals surface area contributed by atoms with Gasteiger partial charge in [0.05, 0.1) is 4.88 Å². The molecule has 3 rings (SSSR count). The summed E-state index contributed by atoms with van der Waals surface area (Å²) < 4.78 is 0. The summed E-state index contributed by atoms with van der Waals surface area (Å²) in [6, 6.07) is 17.3. The topological polar surface area (TPSA) is 78.4 Å². The van der Waals surface area contributed by atoms with Crippen LogP contribution in [0.25, 0.3) is 0 Å². The van der Waals surface area contributed by atoms with E-state index in [9.17, 15) is 14.7 Å². The summed E-state index contributed by atoms with van der Waals surface area (Å²) in [5.41, 5.74) is 2.12. The summed E-state index contributed by atoms with van der Waals surface area (Å²) in [6.07, 6.45) is 0.634. The van der Waals surface area contributed by atoms with Gasteiger partial charge in [-0.3, -0.25) is 9.59 Å². The molecule has 0 fully saturated rings. The Hall–Kier alpha value is -3.12. The SMILES string of the molecule is O=C(NCCc1cccc(O)c1)c1ccc(NC(=O)c2cccs2)cc1. The Balaban J connectivity index is 1.51. The van der Waals surface area contributed by atoms with E-state index in [4.69, 9.17) is 0 Å². The first-order chi connectivity index (χ1) is 12.6. The highest BCUT2D eigenvalue weighted by atomic mass is 32.1. The van der Waals surface area contributed by atoms with Crippen molar-refractivity contribution in [3.05, 3.63) is 82.0 Å². The van der Waals surface area contributed by atoms with Gasteiger partial charge < -0.3 is 15.7 Å². The Labute approximate surface area is 155 Å². The second-order valence-corrected chi connectivity index (χ2v) is 6.63. The summed E-state index contributed by atoms with van der Waals surface area (Å²) in [6.45, 7) is 0.471. The van der Waals surface area contributed by atoms with E-state index < -0.39 is 0 Å². The lowest BCUT2D eigenvalue weighted by Crippen LogP contribution is -2.25. The van der Waals surface area contributed by atoms with Gasteiger partial charge in [0.2, 0.25) is 0 Å². The molecule has 26 heavy (non-hydrogen) atoms. The standard InChI is InChI=1S/C20H18N2O3S/c23-17-4-1-3-14(13-17)10-11-21-19(24)15-6-8-16(9-7-15)22-20(25)18-5-2-12-26-18/h1-9,12-13,23H,10-11H2,(H,21,24)(H,22,25). The molecule has 0 radical (unpaired) electrons. The molecule has 0 saturated heterocycles. The van der Waals surface area contributed by atoms with Gasteiger partial charge in [-0.15, -0.1) is 11.3 Å². The largest absolute Gasteiger partial charge is 0.508 e. The lowest BCUT2D eigenvalue weighted by atomic mass is 10.1. The quantitative estimate of drug-likeness (QED) is 0.623. The molecular weight excluding hydrogens is 348 g/mol. The number of amides is 2. The van der Waals surface area contributed by atoms with Crippen molar-refractivity contribution in [2.75, 3.05) is 11.9 Å². The number of benzene rings is 2. The number of aromatic hydroxyl groups is 1. The van der Waals surface area contributed by atoms with E-state index in [1.54, 1.807) is 48.5 Å². The molecule has 132 valence electrons. The molecule has 2 aromatic carbocycles. The van der Waals surface area contributed by atoms with Crippen LogP contribution in [-0.4, -0.2) is 23.5 Å². The van der Waals surface area contributed by atoms with Crippen molar-refractivity contribution in [2.24, 2.45) is 0 Å². The minimum atomic E-state index is -0.179. The van der Waals surface area contributed by atoms with Crippen molar-refractivity contribution in [1.29, 1.82) is 0 Å². The van der Waals surface area contributed by atoms with E-state index in [1.807, 2.05) is 17.5 Å². The maximum atomic E-state index is 12.2. The molecule has 0 unspecified atom stereocenters. The molecular formula is C20H18N2O3S. The van der Waals surface area contributed by atoms with Gasteiger partial charge in [0.15, 0.2) is 0 Å². The number of phenolic OH excluding ortho intramolecular Hbond substituents is 1. The number of hydrogen-bond donors (Lipinski definition) is 3. The molecule has 1 heterocycles. The van der Waals surface area contributed by atoms with Gasteiger partial charge in [0.1, 0.15) is 5.75 Å². The van der Waals surface area contributed by atoms with E-state index in [0.717, 1.165) is 5.56 Å². The maximum absolute atomic E-state index is 12.2. The van der Waals surface area contributed by atoms with Gasteiger partial charge in [0.25, 0.3) is 11.8 Å². The number of hydrogen-bond acceptors (Lipinski definition) is 4. The normalized spacial score (nSPS) is 10.3. The molecule has 0 bridgehead atoms. The minimum absolute atomic E-state index is 0.164. The van der Waals surface area contributed by atoms with Gasteiger partial charge in [0, 0.05) is 17.8 Å². The molecule has 0 aliphatic carbocycles. The minimum Gasteiger partial charge on any atom is -0.508 e. The summed E-state index contributed by atoms with van der Waals surface area (Å²) >= 11 is 1.37. The monoisotopic (exact) mass is 366 g/mol. The third kappa shape index (κ3) is 4.70. The zero-order valence-electron chi connectivity index (χ0n) is 13.9. The van der Waals surface area contributed by atoms with Crippen LogP contribution >= 0.6 is 11.3 Å². The van der Waals surface area contributed by atoms with Crippen molar-refractivity contribution in [3.63, 3.8) is 0 Å². The highest BCUT2D eigenvalue weighted by molar-refractivity contribution is 7.12. The smallest absolute Gasteiger partial charge is 0.265 e. The number of thiophene rings is 1. The van der Waals surface area contributed by atoms with Crippen LogP contribution in [-0.2, 0) is 6.42 Å². The number of carbonyl (C=O) groups excluding carboxylic acids is 2. The number of rotatable bonds is 6. The highest BCUT2D eigenvalue weighted by Crippen LogP contribution is 2.14. The summed E-state index contributed by atoms with van der Waals surface area (Å²) in [5.74, 6) is -0.126. The molecule has 0 aliphatic heterocycles. The van der Waals surface area contributed by atoms with Crippen molar-refractivity contribution >= 4 is 28.8 Å². The molecule has 2 amide bonds. The van der Waals surface area contributed by atoms with Crippen LogP contribution in [0.15, 0.2) is 66.0 Å². The third-order valence-corrected chi connectivity index (χ3v) is 4.63. The molecule has 1 aromatic heterocycles. The molecule has 5 nitrogen and oxygen atoms in total. The Morgan fingerprint density at radius 3 is 2.46 bits per heavy atom. The van der Waals surface area contributed by atoms with Crippen LogP contribution in [0.3, 0.4) is 0 Å². The predicted octanol–water partition coefficient (Wildman–Crippen LogP) is 3.68. The zero-order valence-corrected chi connectivity index (χ0v) is 14.8.